The van der Waals surface area contributed by atoms with Crippen molar-refractivity contribution in [3.05, 3.63) is 82.5 Å². The highest BCUT2D eigenvalue weighted by Crippen LogP contribution is 2.13. The molecule has 2 N–H and O–H groups in total. The zero-order valence-electron chi connectivity index (χ0n) is 14.7. The van der Waals surface area contributed by atoms with Crippen molar-refractivity contribution in [3.63, 3.8) is 0 Å². The lowest BCUT2D eigenvalue weighted by Crippen LogP contribution is -2.16. The Morgan fingerprint density at radius 3 is 2.63 bits per heavy atom. The summed E-state index contributed by atoms with van der Waals surface area (Å²) in [5, 5.41) is 6.52. The SMILES string of the molecule is Cc1nc(NCCc2ccc(Cl)cc2)cc(C(=O)Nc2cccc(F)c2)n1. The second-order valence-electron chi connectivity index (χ2n) is 5.95. The summed E-state index contributed by atoms with van der Waals surface area (Å²) in [6, 6.07) is 14.9. The van der Waals surface area contributed by atoms with Crippen LogP contribution in [0.3, 0.4) is 0 Å². The molecule has 1 heterocycles. The lowest BCUT2D eigenvalue weighted by atomic mass is 10.1. The molecule has 3 rings (SSSR count). The Bertz CT molecular complexity index is 947. The molecule has 0 spiro atoms. The normalized spacial score (nSPS) is 10.5. The maximum absolute atomic E-state index is 13.3. The molecule has 0 fully saturated rings. The molecule has 138 valence electrons. The highest BCUT2D eigenvalue weighted by Gasteiger charge is 2.11. The number of rotatable bonds is 6. The van der Waals surface area contributed by atoms with E-state index < -0.39 is 11.7 Å². The number of carbonyl (C=O) groups excluding carboxylic acids is 1. The van der Waals surface area contributed by atoms with E-state index >= 15 is 0 Å². The molecule has 0 aliphatic carbocycles. The van der Waals surface area contributed by atoms with Gasteiger partial charge in [0.05, 0.1) is 0 Å². The maximum Gasteiger partial charge on any atom is 0.274 e. The van der Waals surface area contributed by atoms with Crippen LogP contribution in [0.1, 0.15) is 21.9 Å². The van der Waals surface area contributed by atoms with Gasteiger partial charge < -0.3 is 10.6 Å². The highest BCUT2D eigenvalue weighted by atomic mass is 35.5. The van der Waals surface area contributed by atoms with E-state index in [0.717, 1.165) is 12.0 Å². The fourth-order valence-electron chi connectivity index (χ4n) is 2.52. The minimum atomic E-state index is -0.424. The first-order chi connectivity index (χ1) is 13.0. The van der Waals surface area contributed by atoms with Gasteiger partial charge in [-0.05, 0) is 49.2 Å². The maximum atomic E-state index is 13.3. The lowest BCUT2D eigenvalue weighted by molar-refractivity contribution is 0.102. The summed E-state index contributed by atoms with van der Waals surface area (Å²) in [5.74, 6) is 0.180. The average Bonchev–Trinajstić information content (AvgIpc) is 2.63. The smallest absolute Gasteiger partial charge is 0.274 e. The van der Waals surface area contributed by atoms with Gasteiger partial charge in [-0.25, -0.2) is 14.4 Å². The molecule has 1 aromatic heterocycles. The number of benzene rings is 2. The van der Waals surface area contributed by atoms with Gasteiger partial charge in [0.15, 0.2) is 0 Å². The third-order valence-corrected chi connectivity index (χ3v) is 4.04. The van der Waals surface area contributed by atoms with Gasteiger partial charge in [-0.1, -0.05) is 29.8 Å². The van der Waals surface area contributed by atoms with Crippen LogP contribution in [0.2, 0.25) is 5.02 Å². The van der Waals surface area contributed by atoms with E-state index in [4.69, 9.17) is 11.6 Å². The zero-order chi connectivity index (χ0) is 19.2. The van der Waals surface area contributed by atoms with Gasteiger partial charge in [-0.2, -0.15) is 0 Å². The predicted octanol–water partition coefficient (Wildman–Crippen LogP) is 4.48. The van der Waals surface area contributed by atoms with Crippen LogP contribution in [0.15, 0.2) is 54.6 Å². The van der Waals surface area contributed by atoms with Crippen molar-refractivity contribution in [1.29, 1.82) is 0 Å². The number of halogens is 2. The second-order valence-corrected chi connectivity index (χ2v) is 6.39. The molecular weight excluding hydrogens is 367 g/mol. The Morgan fingerprint density at radius 1 is 1.11 bits per heavy atom. The number of hydrogen-bond acceptors (Lipinski definition) is 4. The molecule has 0 aliphatic rings. The standard InChI is InChI=1S/C20H18ClFN4O/c1-13-24-18(20(27)26-17-4-2-3-16(22)11-17)12-19(25-13)23-10-9-14-5-7-15(21)8-6-14/h2-8,11-12H,9-10H2,1H3,(H,26,27)(H,23,24,25). The molecule has 0 aliphatic heterocycles. The van der Waals surface area contributed by atoms with Crippen LogP contribution >= 0.6 is 11.6 Å². The summed E-state index contributed by atoms with van der Waals surface area (Å²) >= 11 is 5.88. The first kappa shape index (κ1) is 18.8. The summed E-state index contributed by atoms with van der Waals surface area (Å²) in [6.45, 7) is 2.35. The Labute approximate surface area is 161 Å². The monoisotopic (exact) mass is 384 g/mol. The zero-order valence-corrected chi connectivity index (χ0v) is 15.4. The Kier molecular flexibility index (Phi) is 5.98. The largest absolute Gasteiger partial charge is 0.370 e. The van der Waals surface area contributed by atoms with E-state index in [1.54, 1.807) is 19.1 Å². The topological polar surface area (TPSA) is 66.9 Å². The van der Waals surface area contributed by atoms with Crippen LogP contribution < -0.4 is 10.6 Å². The average molecular weight is 385 g/mol. The predicted molar refractivity (Wildman–Crippen MR) is 105 cm³/mol. The number of aryl methyl sites for hydroxylation is 1. The Hall–Kier alpha value is -2.99. The molecule has 0 atom stereocenters. The van der Waals surface area contributed by atoms with Gasteiger partial charge in [0.2, 0.25) is 0 Å². The molecule has 27 heavy (non-hydrogen) atoms. The number of amides is 1. The number of nitrogens with one attached hydrogen (secondary N) is 2. The molecule has 5 nitrogen and oxygen atoms in total. The van der Waals surface area contributed by atoms with Crippen molar-refractivity contribution in [3.8, 4) is 0 Å². The summed E-state index contributed by atoms with van der Waals surface area (Å²) < 4.78 is 13.3. The van der Waals surface area contributed by atoms with Crippen molar-refractivity contribution < 1.29 is 9.18 Å². The first-order valence-corrected chi connectivity index (χ1v) is 8.78. The van der Waals surface area contributed by atoms with Crippen molar-refractivity contribution >= 4 is 29.0 Å². The number of carbonyl (C=O) groups is 1. The van der Waals surface area contributed by atoms with E-state index in [0.29, 0.717) is 28.9 Å². The molecule has 0 bridgehead atoms. The van der Waals surface area contributed by atoms with Gasteiger partial charge in [-0.15, -0.1) is 0 Å². The van der Waals surface area contributed by atoms with Gasteiger partial charge in [0.1, 0.15) is 23.2 Å². The molecule has 0 radical (unpaired) electrons. The van der Waals surface area contributed by atoms with Crippen molar-refractivity contribution in [2.75, 3.05) is 17.2 Å². The summed E-state index contributed by atoms with van der Waals surface area (Å²) in [7, 11) is 0. The molecule has 3 aromatic rings. The first-order valence-electron chi connectivity index (χ1n) is 8.40. The number of hydrogen-bond donors (Lipinski definition) is 2. The van der Waals surface area contributed by atoms with E-state index in [2.05, 4.69) is 20.6 Å². The fraction of sp³-hybridized carbons (Fsp3) is 0.150. The number of aromatic nitrogens is 2. The molecule has 0 unspecified atom stereocenters. The third kappa shape index (κ3) is 5.49. The van der Waals surface area contributed by atoms with Crippen LogP contribution in [-0.2, 0) is 6.42 Å². The van der Waals surface area contributed by atoms with Gasteiger partial charge in [-0.3, -0.25) is 4.79 Å². The van der Waals surface area contributed by atoms with E-state index in [1.165, 1.54) is 18.2 Å². The van der Waals surface area contributed by atoms with Gasteiger partial charge in [0, 0.05) is 23.3 Å². The molecule has 0 saturated heterocycles. The minimum Gasteiger partial charge on any atom is -0.370 e. The van der Waals surface area contributed by atoms with Gasteiger partial charge >= 0.3 is 0 Å². The molecule has 7 heteroatoms. The van der Waals surface area contributed by atoms with Crippen LogP contribution in [0.4, 0.5) is 15.9 Å². The third-order valence-electron chi connectivity index (χ3n) is 3.79. The minimum absolute atomic E-state index is 0.209. The fourth-order valence-corrected chi connectivity index (χ4v) is 2.65. The van der Waals surface area contributed by atoms with Crippen LogP contribution in [0.5, 0.6) is 0 Å². The number of nitrogens with zero attached hydrogens (tertiary/aromatic N) is 2. The van der Waals surface area contributed by atoms with Gasteiger partial charge in [0.25, 0.3) is 5.91 Å². The molecule has 0 saturated carbocycles. The quantitative estimate of drug-likeness (QED) is 0.657. The Morgan fingerprint density at radius 2 is 1.89 bits per heavy atom. The molecule has 2 aromatic carbocycles. The van der Waals surface area contributed by atoms with Crippen molar-refractivity contribution in [1.82, 2.24) is 9.97 Å². The van der Waals surface area contributed by atoms with Crippen LogP contribution in [-0.4, -0.2) is 22.4 Å². The van der Waals surface area contributed by atoms with Crippen molar-refractivity contribution in [2.24, 2.45) is 0 Å². The molecule has 1 amide bonds. The highest BCUT2D eigenvalue weighted by molar-refractivity contribution is 6.30. The summed E-state index contributed by atoms with van der Waals surface area (Å²) in [5.41, 5.74) is 1.72. The van der Waals surface area contributed by atoms with E-state index in [-0.39, 0.29) is 5.69 Å². The lowest BCUT2D eigenvalue weighted by Gasteiger charge is -2.09. The van der Waals surface area contributed by atoms with E-state index in [9.17, 15) is 9.18 Å². The Balaban J connectivity index is 1.64. The van der Waals surface area contributed by atoms with Crippen LogP contribution in [0, 0.1) is 12.7 Å². The number of anilines is 2. The molecular formula is C20H18ClFN4O. The second kappa shape index (κ2) is 8.60. The van der Waals surface area contributed by atoms with E-state index in [1.807, 2.05) is 24.3 Å². The van der Waals surface area contributed by atoms with Crippen molar-refractivity contribution in [2.45, 2.75) is 13.3 Å². The van der Waals surface area contributed by atoms with Crippen LogP contribution in [0.25, 0.3) is 0 Å². The summed E-state index contributed by atoms with van der Waals surface area (Å²) in [6.07, 6.45) is 0.783. The summed E-state index contributed by atoms with van der Waals surface area (Å²) in [4.78, 5) is 20.8.